The van der Waals surface area contributed by atoms with Crippen LogP contribution in [0.5, 0.6) is 0 Å². The van der Waals surface area contributed by atoms with E-state index in [1.165, 1.54) is 9.47 Å². The fourth-order valence-electron chi connectivity index (χ4n) is 4.27. The van der Waals surface area contributed by atoms with E-state index < -0.39 is 23.7 Å². The minimum atomic E-state index is -0.619. The molecule has 0 aliphatic carbocycles. The lowest BCUT2D eigenvalue weighted by Gasteiger charge is -2.26. The average molecular weight is 473 g/mol. The van der Waals surface area contributed by atoms with E-state index in [9.17, 15) is 19.2 Å². The van der Waals surface area contributed by atoms with Gasteiger partial charge in [0.2, 0.25) is 11.8 Å². The highest BCUT2D eigenvalue weighted by atomic mass is 16.2. The Kier molecular flexibility index (Phi) is 6.01. The second-order valence-corrected chi connectivity index (χ2v) is 8.44. The standard InChI is InChI=1S/C25H24N6O4/c32-20-15-28(12-11-26-20)21(33)16-31-24(34)22-23(27-17-29(22)13-18-7-3-1-4-8-18)30(25(31)35)14-19-9-5-2-6-10-19/h1-10,17H,11-16H2,(H,26,32). The number of aromatic nitrogens is 4. The first kappa shape index (κ1) is 22.3. The Hall–Kier alpha value is -4.47. The third-order valence-corrected chi connectivity index (χ3v) is 6.05. The van der Waals surface area contributed by atoms with Gasteiger partial charge in [0, 0.05) is 19.6 Å². The minimum Gasteiger partial charge on any atom is -0.353 e. The molecule has 2 aromatic carbocycles. The zero-order chi connectivity index (χ0) is 24.4. The summed E-state index contributed by atoms with van der Waals surface area (Å²) in [6, 6.07) is 19.0. The van der Waals surface area contributed by atoms with Gasteiger partial charge in [-0.05, 0) is 11.1 Å². The zero-order valence-electron chi connectivity index (χ0n) is 19.0. The summed E-state index contributed by atoms with van der Waals surface area (Å²) in [5.41, 5.74) is 1.13. The normalized spacial score (nSPS) is 13.7. The van der Waals surface area contributed by atoms with Crippen LogP contribution in [0.3, 0.4) is 0 Å². The highest BCUT2D eigenvalue weighted by Crippen LogP contribution is 2.12. The quantitative estimate of drug-likeness (QED) is 0.437. The lowest BCUT2D eigenvalue weighted by atomic mass is 10.2. The van der Waals surface area contributed by atoms with Gasteiger partial charge in [0.1, 0.15) is 6.54 Å². The van der Waals surface area contributed by atoms with Crippen LogP contribution < -0.4 is 16.6 Å². The fraction of sp³-hybridized carbons (Fsp3) is 0.240. The molecule has 3 heterocycles. The molecule has 5 rings (SSSR count). The van der Waals surface area contributed by atoms with Crippen molar-refractivity contribution in [1.82, 2.24) is 28.9 Å². The molecule has 0 saturated carbocycles. The Labute approximate surface area is 200 Å². The van der Waals surface area contributed by atoms with Gasteiger partial charge in [0.15, 0.2) is 11.2 Å². The lowest BCUT2D eigenvalue weighted by molar-refractivity contribution is -0.138. The maximum atomic E-state index is 13.5. The van der Waals surface area contributed by atoms with Gasteiger partial charge in [0.25, 0.3) is 5.56 Å². The van der Waals surface area contributed by atoms with Crippen molar-refractivity contribution in [2.75, 3.05) is 19.6 Å². The zero-order valence-corrected chi connectivity index (χ0v) is 19.0. The summed E-state index contributed by atoms with van der Waals surface area (Å²) in [5, 5.41) is 2.66. The number of fused-ring (bicyclic) bond motifs is 1. The molecule has 178 valence electrons. The fourth-order valence-corrected chi connectivity index (χ4v) is 4.27. The van der Waals surface area contributed by atoms with Crippen LogP contribution in [0.1, 0.15) is 11.1 Å². The molecule has 4 aromatic rings. The van der Waals surface area contributed by atoms with Gasteiger partial charge in [-0.1, -0.05) is 60.7 Å². The molecule has 0 radical (unpaired) electrons. The van der Waals surface area contributed by atoms with E-state index in [0.29, 0.717) is 19.6 Å². The van der Waals surface area contributed by atoms with Crippen molar-refractivity contribution < 1.29 is 9.59 Å². The number of hydrogen-bond acceptors (Lipinski definition) is 5. The van der Waals surface area contributed by atoms with Gasteiger partial charge in [-0.3, -0.25) is 19.0 Å². The molecule has 0 unspecified atom stereocenters. The van der Waals surface area contributed by atoms with Crippen LogP contribution in [0, 0.1) is 0 Å². The second kappa shape index (κ2) is 9.41. The number of rotatable bonds is 6. The summed E-state index contributed by atoms with van der Waals surface area (Å²) >= 11 is 0. The van der Waals surface area contributed by atoms with Gasteiger partial charge in [-0.15, -0.1) is 0 Å². The minimum absolute atomic E-state index is 0.0972. The summed E-state index contributed by atoms with van der Waals surface area (Å²) < 4.78 is 4.07. The number of nitrogens with one attached hydrogen (secondary N) is 1. The van der Waals surface area contributed by atoms with Crippen molar-refractivity contribution >= 4 is 23.0 Å². The van der Waals surface area contributed by atoms with Crippen LogP contribution in [0.15, 0.2) is 76.6 Å². The Balaban J connectivity index is 1.61. The Bertz CT molecular complexity index is 1500. The van der Waals surface area contributed by atoms with E-state index in [4.69, 9.17) is 0 Å². The summed E-state index contributed by atoms with van der Waals surface area (Å²) in [5.74, 6) is -0.728. The van der Waals surface area contributed by atoms with Crippen LogP contribution in [0.2, 0.25) is 0 Å². The van der Waals surface area contributed by atoms with Crippen molar-refractivity contribution in [2.45, 2.75) is 19.6 Å². The van der Waals surface area contributed by atoms with Crippen LogP contribution in [0.4, 0.5) is 0 Å². The van der Waals surface area contributed by atoms with Crippen molar-refractivity contribution in [1.29, 1.82) is 0 Å². The molecule has 35 heavy (non-hydrogen) atoms. The van der Waals surface area contributed by atoms with E-state index in [-0.39, 0.29) is 30.2 Å². The molecule has 2 amide bonds. The third kappa shape index (κ3) is 4.50. The van der Waals surface area contributed by atoms with E-state index >= 15 is 0 Å². The summed E-state index contributed by atoms with van der Waals surface area (Å²) in [6.45, 7) is 0.688. The Morgan fingerprint density at radius 3 is 2.20 bits per heavy atom. The number of nitrogens with zero attached hydrogens (tertiary/aromatic N) is 5. The average Bonchev–Trinajstić information content (AvgIpc) is 3.29. The molecule has 2 aromatic heterocycles. The van der Waals surface area contributed by atoms with Crippen LogP contribution in [-0.4, -0.2) is 55.0 Å². The highest BCUT2D eigenvalue weighted by molar-refractivity contribution is 5.86. The van der Waals surface area contributed by atoms with Gasteiger partial charge in [-0.2, -0.15) is 0 Å². The molecule has 1 aliphatic rings. The van der Waals surface area contributed by atoms with E-state index in [1.807, 2.05) is 60.7 Å². The maximum absolute atomic E-state index is 13.5. The third-order valence-electron chi connectivity index (χ3n) is 6.05. The van der Waals surface area contributed by atoms with Gasteiger partial charge >= 0.3 is 5.69 Å². The summed E-state index contributed by atoms with van der Waals surface area (Å²) in [4.78, 5) is 57.5. The number of amides is 2. The van der Waals surface area contributed by atoms with E-state index in [1.54, 1.807) is 10.9 Å². The molecule has 0 spiro atoms. The first-order chi connectivity index (χ1) is 17.0. The van der Waals surface area contributed by atoms with Crippen LogP contribution in [-0.2, 0) is 29.2 Å². The predicted octanol–water partition coefficient (Wildman–Crippen LogP) is 0.415. The molecule has 0 atom stereocenters. The molecule has 0 bridgehead atoms. The lowest BCUT2D eigenvalue weighted by Crippen LogP contribution is -2.52. The molecular formula is C25H24N6O4. The van der Waals surface area contributed by atoms with E-state index in [2.05, 4.69) is 10.3 Å². The van der Waals surface area contributed by atoms with Crippen molar-refractivity contribution in [3.8, 4) is 0 Å². The maximum Gasteiger partial charge on any atom is 0.333 e. The number of piperazine rings is 1. The second-order valence-electron chi connectivity index (χ2n) is 8.44. The molecule has 10 heteroatoms. The number of hydrogen-bond donors (Lipinski definition) is 1. The number of carbonyl (C=O) groups is 2. The monoisotopic (exact) mass is 472 g/mol. The van der Waals surface area contributed by atoms with Crippen molar-refractivity contribution in [3.63, 3.8) is 0 Å². The first-order valence-corrected chi connectivity index (χ1v) is 11.3. The van der Waals surface area contributed by atoms with E-state index in [0.717, 1.165) is 15.7 Å². The Morgan fingerprint density at radius 1 is 0.886 bits per heavy atom. The molecule has 10 nitrogen and oxygen atoms in total. The molecular weight excluding hydrogens is 448 g/mol. The first-order valence-electron chi connectivity index (χ1n) is 11.3. The SMILES string of the molecule is O=C1CN(C(=O)Cn2c(=O)c3c(ncn3Cc3ccccc3)n(Cc3ccccc3)c2=O)CCN1. The highest BCUT2D eigenvalue weighted by Gasteiger charge is 2.25. The number of benzene rings is 2. The van der Waals surface area contributed by atoms with Crippen LogP contribution >= 0.6 is 0 Å². The predicted molar refractivity (Wildman–Crippen MR) is 129 cm³/mol. The number of carbonyl (C=O) groups excluding carboxylic acids is 2. The smallest absolute Gasteiger partial charge is 0.333 e. The van der Waals surface area contributed by atoms with Crippen molar-refractivity contribution in [2.24, 2.45) is 0 Å². The van der Waals surface area contributed by atoms with Gasteiger partial charge < -0.3 is 14.8 Å². The largest absolute Gasteiger partial charge is 0.353 e. The molecule has 1 fully saturated rings. The number of imidazole rings is 1. The molecule has 1 aliphatic heterocycles. The summed E-state index contributed by atoms with van der Waals surface area (Å²) in [7, 11) is 0. The van der Waals surface area contributed by atoms with Crippen molar-refractivity contribution in [3.05, 3.63) is 99.0 Å². The summed E-state index contributed by atoms with van der Waals surface area (Å²) in [6.07, 6.45) is 1.54. The molecule has 1 saturated heterocycles. The molecule has 1 N–H and O–H groups in total. The van der Waals surface area contributed by atoms with Gasteiger partial charge in [0.05, 0.1) is 19.4 Å². The topological polar surface area (TPSA) is 111 Å². The van der Waals surface area contributed by atoms with Gasteiger partial charge in [-0.25, -0.2) is 14.3 Å². The van der Waals surface area contributed by atoms with Crippen LogP contribution in [0.25, 0.3) is 11.2 Å². The Morgan fingerprint density at radius 2 is 1.54 bits per heavy atom.